The van der Waals surface area contributed by atoms with Crippen LogP contribution >= 0.6 is 0 Å². The lowest BCUT2D eigenvalue weighted by molar-refractivity contribution is -0.145. The molecule has 0 aliphatic rings. The Morgan fingerprint density at radius 1 is 1.08 bits per heavy atom. The average molecular weight is 363 g/mol. The summed E-state index contributed by atoms with van der Waals surface area (Å²) in [6.45, 7) is 12.8. The van der Waals surface area contributed by atoms with E-state index in [1.807, 2.05) is 26.0 Å². The second-order valence-corrected chi connectivity index (χ2v) is 8.49. The van der Waals surface area contributed by atoms with Gasteiger partial charge in [0, 0.05) is 5.56 Å². The zero-order valence-electron chi connectivity index (χ0n) is 17.7. The smallest absolute Gasteiger partial charge is 0.313 e. The van der Waals surface area contributed by atoms with E-state index in [0.717, 1.165) is 24.0 Å². The Kier molecular flexibility index (Phi) is 9.18. The molecule has 0 saturated carbocycles. The third-order valence-corrected chi connectivity index (χ3v) is 5.01. The van der Waals surface area contributed by atoms with E-state index < -0.39 is 5.92 Å². The highest BCUT2D eigenvalue weighted by atomic mass is 16.5. The van der Waals surface area contributed by atoms with Crippen LogP contribution in [-0.2, 0) is 14.9 Å². The number of carbonyl (C=O) groups excluding carboxylic acids is 1. The number of esters is 1. The highest BCUT2D eigenvalue weighted by Crippen LogP contribution is 2.35. The van der Waals surface area contributed by atoms with E-state index in [4.69, 9.17) is 4.74 Å². The van der Waals surface area contributed by atoms with E-state index in [0.29, 0.717) is 12.2 Å². The zero-order valence-corrected chi connectivity index (χ0v) is 17.7. The lowest BCUT2D eigenvalue weighted by atomic mass is 9.83. The van der Waals surface area contributed by atoms with Crippen LogP contribution in [0.15, 0.2) is 12.1 Å². The molecule has 148 valence electrons. The number of phenols is 1. The van der Waals surface area contributed by atoms with Crippen LogP contribution in [0.25, 0.3) is 0 Å². The van der Waals surface area contributed by atoms with Crippen LogP contribution in [0.5, 0.6) is 5.75 Å². The molecule has 0 bridgehead atoms. The lowest BCUT2D eigenvalue weighted by Crippen LogP contribution is -2.17. The van der Waals surface area contributed by atoms with E-state index in [9.17, 15) is 9.90 Å². The van der Waals surface area contributed by atoms with Crippen molar-refractivity contribution in [1.82, 2.24) is 0 Å². The number of carbonyl (C=O) groups is 1. The first kappa shape index (κ1) is 22.5. The van der Waals surface area contributed by atoms with E-state index in [1.165, 1.54) is 32.1 Å². The minimum Gasteiger partial charge on any atom is -0.507 e. The number of hydrogen-bond donors (Lipinski definition) is 1. The second-order valence-electron chi connectivity index (χ2n) is 8.49. The van der Waals surface area contributed by atoms with Crippen LogP contribution in [0.3, 0.4) is 0 Å². The highest BCUT2D eigenvalue weighted by Gasteiger charge is 2.24. The quantitative estimate of drug-likeness (QED) is 0.387. The van der Waals surface area contributed by atoms with Crippen molar-refractivity contribution in [1.29, 1.82) is 0 Å². The Morgan fingerprint density at radius 2 is 1.65 bits per heavy atom. The van der Waals surface area contributed by atoms with Gasteiger partial charge in [-0.2, -0.15) is 0 Å². The van der Waals surface area contributed by atoms with Gasteiger partial charge in [-0.3, -0.25) is 4.79 Å². The minimum atomic E-state index is -0.458. The molecule has 26 heavy (non-hydrogen) atoms. The molecule has 1 atom stereocenters. The van der Waals surface area contributed by atoms with Gasteiger partial charge in [0.2, 0.25) is 0 Å². The molecule has 0 heterocycles. The summed E-state index contributed by atoms with van der Waals surface area (Å²) >= 11 is 0. The topological polar surface area (TPSA) is 46.5 Å². The van der Waals surface area contributed by atoms with Crippen molar-refractivity contribution in [3.05, 3.63) is 28.8 Å². The van der Waals surface area contributed by atoms with Gasteiger partial charge in [-0.15, -0.1) is 0 Å². The third-order valence-electron chi connectivity index (χ3n) is 5.01. The Labute approximate surface area is 160 Å². The fourth-order valence-electron chi connectivity index (χ4n) is 3.05. The molecule has 1 N–H and O–H groups in total. The summed E-state index contributed by atoms with van der Waals surface area (Å²) in [4.78, 5) is 12.4. The number of ether oxygens (including phenoxy) is 1. The Balaban J connectivity index is 2.57. The number of unbranched alkanes of at least 4 members (excludes halogenated alkanes) is 6. The van der Waals surface area contributed by atoms with Crippen molar-refractivity contribution < 1.29 is 14.6 Å². The molecule has 0 saturated heterocycles. The third kappa shape index (κ3) is 7.01. The SMILES string of the molecule is CCCCCCCCCOC(=O)C(C)c1cc(C(C)(C)C)cc(C)c1O. The molecule has 0 fully saturated rings. The number of phenolic OH excluding ortho intramolecular Hbond substituents is 1. The van der Waals surface area contributed by atoms with E-state index in [1.54, 1.807) is 0 Å². The number of hydrogen-bond acceptors (Lipinski definition) is 3. The van der Waals surface area contributed by atoms with E-state index >= 15 is 0 Å². The molecular weight excluding hydrogens is 324 g/mol. The summed E-state index contributed by atoms with van der Waals surface area (Å²) in [5.41, 5.74) is 2.56. The van der Waals surface area contributed by atoms with E-state index in [-0.39, 0.29) is 17.1 Å². The lowest BCUT2D eigenvalue weighted by Gasteiger charge is -2.23. The monoisotopic (exact) mass is 362 g/mol. The van der Waals surface area contributed by atoms with Gasteiger partial charge in [-0.1, -0.05) is 78.4 Å². The van der Waals surface area contributed by atoms with Crippen molar-refractivity contribution in [3.8, 4) is 5.75 Å². The highest BCUT2D eigenvalue weighted by molar-refractivity contribution is 5.79. The molecule has 1 aromatic rings. The van der Waals surface area contributed by atoms with Crippen molar-refractivity contribution in [2.45, 2.75) is 97.8 Å². The van der Waals surface area contributed by atoms with Gasteiger partial charge >= 0.3 is 5.97 Å². The zero-order chi connectivity index (χ0) is 19.7. The van der Waals surface area contributed by atoms with Crippen LogP contribution in [0.4, 0.5) is 0 Å². The molecule has 1 unspecified atom stereocenters. The molecule has 3 heteroatoms. The fraction of sp³-hybridized carbons (Fsp3) is 0.696. The molecule has 1 aromatic carbocycles. The van der Waals surface area contributed by atoms with Crippen LogP contribution in [0.2, 0.25) is 0 Å². The average Bonchev–Trinajstić information content (AvgIpc) is 2.57. The van der Waals surface area contributed by atoms with Crippen LogP contribution in [0.1, 0.15) is 102 Å². The van der Waals surface area contributed by atoms with Gasteiger partial charge < -0.3 is 9.84 Å². The van der Waals surface area contributed by atoms with Crippen LogP contribution < -0.4 is 0 Å². The van der Waals surface area contributed by atoms with Gasteiger partial charge in [0.25, 0.3) is 0 Å². The van der Waals surface area contributed by atoms with Crippen molar-refractivity contribution >= 4 is 5.97 Å². The first-order valence-corrected chi connectivity index (χ1v) is 10.2. The second kappa shape index (κ2) is 10.6. The Hall–Kier alpha value is -1.51. The Morgan fingerprint density at radius 3 is 2.23 bits per heavy atom. The maximum atomic E-state index is 12.4. The maximum absolute atomic E-state index is 12.4. The van der Waals surface area contributed by atoms with Crippen LogP contribution in [-0.4, -0.2) is 17.7 Å². The summed E-state index contributed by atoms with van der Waals surface area (Å²) in [6.07, 6.45) is 8.37. The molecule has 0 aromatic heterocycles. The Bertz CT molecular complexity index is 570. The van der Waals surface area contributed by atoms with Crippen LogP contribution in [0, 0.1) is 6.92 Å². The van der Waals surface area contributed by atoms with Crippen molar-refractivity contribution in [3.63, 3.8) is 0 Å². The summed E-state index contributed by atoms with van der Waals surface area (Å²) in [6, 6.07) is 3.94. The largest absolute Gasteiger partial charge is 0.507 e. The minimum absolute atomic E-state index is 0.0331. The fourth-order valence-corrected chi connectivity index (χ4v) is 3.05. The molecular formula is C23H38O3. The first-order chi connectivity index (χ1) is 12.2. The van der Waals surface area contributed by atoms with Gasteiger partial charge in [-0.05, 0) is 36.8 Å². The molecule has 0 spiro atoms. The molecule has 0 aliphatic heterocycles. The predicted molar refractivity (Wildman–Crippen MR) is 109 cm³/mol. The van der Waals surface area contributed by atoms with Gasteiger partial charge in [0.15, 0.2) is 0 Å². The number of benzene rings is 1. The molecule has 1 rings (SSSR count). The number of aromatic hydroxyl groups is 1. The number of aryl methyl sites for hydroxylation is 1. The van der Waals surface area contributed by atoms with Crippen molar-refractivity contribution in [2.75, 3.05) is 6.61 Å². The summed E-state index contributed by atoms with van der Waals surface area (Å²) in [7, 11) is 0. The first-order valence-electron chi connectivity index (χ1n) is 10.2. The molecule has 0 aliphatic carbocycles. The standard InChI is InChI=1S/C23H38O3/c1-7-8-9-10-11-12-13-14-26-22(25)18(3)20-16-19(23(4,5)6)15-17(2)21(20)24/h15-16,18,24H,7-14H2,1-6H3. The molecule has 3 nitrogen and oxygen atoms in total. The summed E-state index contributed by atoms with van der Waals surface area (Å²) in [5.74, 6) is -0.504. The van der Waals surface area contributed by atoms with Gasteiger partial charge in [-0.25, -0.2) is 0 Å². The predicted octanol–water partition coefficient (Wildman–Crippen LogP) is 6.40. The van der Waals surface area contributed by atoms with E-state index in [2.05, 4.69) is 27.7 Å². The van der Waals surface area contributed by atoms with Crippen molar-refractivity contribution in [2.24, 2.45) is 0 Å². The summed E-state index contributed by atoms with van der Waals surface area (Å²) < 4.78 is 5.46. The van der Waals surface area contributed by atoms with Gasteiger partial charge in [0.1, 0.15) is 5.75 Å². The van der Waals surface area contributed by atoms with Gasteiger partial charge in [0.05, 0.1) is 12.5 Å². The molecule has 0 radical (unpaired) electrons. The number of rotatable bonds is 10. The maximum Gasteiger partial charge on any atom is 0.313 e. The normalized spacial score (nSPS) is 12.8. The summed E-state index contributed by atoms with van der Waals surface area (Å²) in [5, 5.41) is 10.4. The molecule has 0 amide bonds.